The van der Waals surface area contributed by atoms with Crippen molar-refractivity contribution in [2.45, 2.75) is 13.1 Å². The van der Waals surface area contributed by atoms with Crippen molar-refractivity contribution in [2.24, 2.45) is 0 Å². The van der Waals surface area contributed by atoms with Gasteiger partial charge in [-0.3, -0.25) is 9.36 Å². The molecule has 0 aromatic carbocycles. The molecule has 0 bridgehead atoms. The van der Waals surface area contributed by atoms with Gasteiger partial charge < -0.3 is 5.11 Å². The lowest BCUT2D eigenvalue weighted by Crippen LogP contribution is -2.26. The van der Waals surface area contributed by atoms with Crippen LogP contribution < -0.4 is 5.56 Å². The third kappa shape index (κ3) is 2.78. The Morgan fingerprint density at radius 1 is 1.33 bits per heavy atom. The Kier molecular flexibility index (Phi) is 3.54. The van der Waals surface area contributed by atoms with E-state index in [2.05, 4.69) is 4.98 Å². The molecule has 0 amide bonds. The highest BCUT2D eigenvalue weighted by Crippen LogP contribution is 2.29. The van der Waals surface area contributed by atoms with Gasteiger partial charge >= 0.3 is 12.1 Å². The zero-order chi connectivity index (χ0) is 15.8. The Bertz CT molecular complexity index is 766. The van der Waals surface area contributed by atoms with Crippen LogP contribution in [-0.2, 0) is 6.18 Å². The second-order valence-electron chi connectivity index (χ2n) is 4.25. The van der Waals surface area contributed by atoms with Crippen LogP contribution in [0.4, 0.5) is 13.2 Å². The van der Waals surface area contributed by atoms with E-state index in [9.17, 15) is 22.8 Å². The van der Waals surface area contributed by atoms with Crippen LogP contribution >= 0.6 is 0 Å². The predicted molar refractivity (Wildman–Crippen MR) is 66.5 cm³/mol. The molecular formula is C13H9F3N2O3. The first-order valence-electron chi connectivity index (χ1n) is 5.71. The van der Waals surface area contributed by atoms with Gasteiger partial charge in [0, 0.05) is 12.4 Å². The quantitative estimate of drug-likeness (QED) is 0.923. The molecule has 8 heteroatoms. The summed E-state index contributed by atoms with van der Waals surface area (Å²) in [4.78, 5) is 26.8. The molecule has 2 heterocycles. The van der Waals surface area contributed by atoms with E-state index in [1.165, 1.54) is 19.2 Å². The maximum atomic E-state index is 12.6. The van der Waals surface area contributed by atoms with Crippen molar-refractivity contribution in [3.05, 3.63) is 57.6 Å². The van der Waals surface area contributed by atoms with Crippen molar-refractivity contribution in [3.63, 3.8) is 0 Å². The molecular weight excluding hydrogens is 289 g/mol. The molecule has 0 fully saturated rings. The van der Waals surface area contributed by atoms with E-state index in [-0.39, 0.29) is 11.4 Å². The zero-order valence-corrected chi connectivity index (χ0v) is 10.7. The predicted octanol–water partition coefficient (Wildman–Crippen LogP) is 2.26. The Labute approximate surface area is 116 Å². The second-order valence-corrected chi connectivity index (χ2v) is 4.25. The fraction of sp³-hybridized carbons (Fsp3) is 0.154. The summed E-state index contributed by atoms with van der Waals surface area (Å²) < 4.78 is 38.7. The van der Waals surface area contributed by atoms with E-state index in [0.717, 1.165) is 16.8 Å². The first kappa shape index (κ1) is 14.8. The topological polar surface area (TPSA) is 72.2 Å². The number of hydrogen-bond donors (Lipinski definition) is 1. The van der Waals surface area contributed by atoms with Crippen LogP contribution in [0.3, 0.4) is 0 Å². The van der Waals surface area contributed by atoms with Crippen LogP contribution in [0.1, 0.15) is 21.5 Å². The van der Waals surface area contributed by atoms with Gasteiger partial charge in [-0.15, -0.1) is 0 Å². The molecule has 0 saturated heterocycles. The van der Waals surface area contributed by atoms with Gasteiger partial charge in [0.15, 0.2) is 0 Å². The number of aromatic nitrogens is 2. The third-order valence-electron chi connectivity index (χ3n) is 2.83. The van der Waals surface area contributed by atoms with E-state index >= 15 is 0 Å². The molecule has 5 nitrogen and oxygen atoms in total. The summed E-state index contributed by atoms with van der Waals surface area (Å²) in [5.41, 5.74) is -2.20. The molecule has 2 rings (SSSR count). The highest BCUT2D eigenvalue weighted by Gasteiger charge is 2.31. The Hall–Kier alpha value is -2.64. The number of halogens is 3. The average Bonchev–Trinajstić information content (AvgIpc) is 2.37. The van der Waals surface area contributed by atoms with Crippen molar-refractivity contribution in [1.29, 1.82) is 0 Å². The van der Waals surface area contributed by atoms with Gasteiger partial charge in [-0.2, -0.15) is 13.2 Å². The summed E-state index contributed by atoms with van der Waals surface area (Å²) in [5.74, 6) is -1.74. The number of aromatic carboxylic acids is 1. The highest BCUT2D eigenvalue weighted by molar-refractivity contribution is 5.88. The smallest absolute Gasteiger partial charge is 0.416 e. The summed E-state index contributed by atoms with van der Waals surface area (Å²) in [6.07, 6.45) is -2.49. The molecule has 0 radical (unpaired) electrons. The van der Waals surface area contributed by atoms with Gasteiger partial charge in [0.1, 0.15) is 11.4 Å². The number of pyridine rings is 2. The summed E-state index contributed by atoms with van der Waals surface area (Å²) in [6.45, 7) is 1.43. The lowest BCUT2D eigenvalue weighted by Gasteiger charge is -2.10. The summed E-state index contributed by atoms with van der Waals surface area (Å²) in [7, 11) is 0. The van der Waals surface area contributed by atoms with Crippen LogP contribution in [0.2, 0.25) is 0 Å². The lowest BCUT2D eigenvalue weighted by atomic mass is 10.1. The molecule has 110 valence electrons. The van der Waals surface area contributed by atoms with Gasteiger partial charge in [-0.25, -0.2) is 9.78 Å². The number of carboxylic acid groups (broad SMARTS) is 1. The fourth-order valence-corrected chi connectivity index (χ4v) is 1.79. The van der Waals surface area contributed by atoms with Crippen LogP contribution in [0.25, 0.3) is 5.82 Å². The maximum absolute atomic E-state index is 12.6. The third-order valence-corrected chi connectivity index (χ3v) is 2.83. The minimum absolute atomic E-state index is 0.218. The highest BCUT2D eigenvalue weighted by atomic mass is 19.4. The minimum atomic E-state index is -4.58. The van der Waals surface area contributed by atoms with Crippen molar-refractivity contribution in [1.82, 2.24) is 9.55 Å². The van der Waals surface area contributed by atoms with Crippen LogP contribution in [0, 0.1) is 6.92 Å². The summed E-state index contributed by atoms with van der Waals surface area (Å²) in [5, 5.41) is 8.99. The van der Waals surface area contributed by atoms with Gasteiger partial charge in [-0.1, -0.05) is 0 Å². The molecule has 1 N–H and O–H groups in total. The number of carbonyl (C=O) groups is 1. The molecule has 2 aromatic rings. The number of nitrogens with zero attached hydrogens (tertiary/aromatic N) is 2. The molecule has 0 aliphatic heterocycles. The second kappa shape index (κ2) is 5.04. The molecule has 0 spiro atoms. The first-order valence-corrected chi connectivity index (χ1v) is 5.71. The largest absolute Gasteiger partial charge is 0.477 e. The molecule has 0 saturated carbocycles. The lowest BCUT2D eigenvalue weighted by molar-refractivity contribution is -0.137. The fourth-order valence-electron chi connectivity index (χ4n) is 1.79. The average molecular weight is 298 g/mol. The Balaban J connectivity index is 2.66. The van der Waals surface area contributed by atoms with Crippen molar-refractivity contribution >= 4 is 5.97 Å². The molecule has 0 aliphatic rings. The number of carboxylic acids is 1. The van der Waals surface area contributed by atoms with E-state index < -0.39 is 28.8 Å². The molecule has 0 aliphatic carbocycles. The normalized spacial score (nSPS) is 11.4. The Morgan fingerprint density at radius 2 is 2.00 bits per heavy atom. The van der Waals surface area contributed by atoms with E-state index in [1.807, 2.05) is 0 Å². The molecule has 2 aromatic heterocycles. The Morgan fingerprint density at radius 3 is 2.57 bits per heavy atom. The van der Waals surface area contributed by atoms with Crippen molar-refractivity contribution in [3.8, 4) is 5.82 Å². The summed E-state index contributed by atoms with van der Waals surface area (Å²) >= 11 is 0. The van der Waals surface area contributed by atoms with E-state index in [1.54, 1.807) is 0 Å². The molecule has 0 unspecified atom stereocenters. The zero-order valence-electron chi connectivity index (χ0n) is 10.7. The standard InChI is InChI=1S/C13H9F3N2O3/c1-7-3-5-18(11(19)10(7)12(20)21)9-6-8(2-4-17-9)13(14,15)16/h2-6H,1H3,(H,20,21). The van der Waals surface area contributed by atoms with Gasteiger partial charge in [0.05, 0.1) is 5.56 Å². The van der Waals surface area contributed by atoms with Crippen LogP contribution in [0.5, 0.6) is 0 Å². The number of alkyl halides is 3. The molecule has 0 atom stereocenters. The number of rotatable bonds is 2. The molecule has 21 heavy (non-hydrogen) atoms. The van der Waals surface area contributed by atoms with E-state index in [0.29, 0.717) is 6.07 Å². The van der Waals surface area contributed by atoms with Gasteiger partial charge in [0.25, 0.3) is 5.56 Å². The van der Waals surface area contributed by atoms with Gasteiger partial charge in [0.2, 0.25) is 0 Å². The van der Waals surface area contributed by atoms with Gasteiger partial charge in [-0.05, 0) is 30.7 Å². The van der Waals surface area contributed by atoms with Crippen molar-refractivity contribution in [2.75, 3.05) is 0 Å². The SMILES string of the molecule is Cc1ccn(-c2cc(C(F)(F)F)ccn2)c(=O)c1C(=O)O. The number of aryl methyl sites for hydroxylation is 1. The van der Waals surface area contributed by atoms with Crippen LogP contribution in [0.15, 0.2) is 35.4 Å². The van der Waals surface area contributed by atoms with E-state index in [4.69, 9.17) is 5.11 Å². The first-order chi connectivity index (χ1) is 9.71. The minimum Gasteiger partial charge on any atom is -0.477 e. The van der Waals surface area contributed by atoms with Crippen LogP contribution in [-0.4, -0.2) is 20.6 Å². The monoisotopic (exact) mass is 298 g/mol. The van der Waals surface area contributed by atoms with Crippen molar-refractivity contribution < 1.29 is 23.1 Å². The number of hydrogen-bond acceptors (Lipinski definition) is 3. The maximum Gasteiger partial charge on any atom is 0.416 e. The summed E-state index contributed by atoms with van der Waals surface area (Å²) in [6, 6.07) is 2.77.